The minimum Gasteiger partial charge on any atom is -0.367 e. The summed E-state index contributed by atoms with van der Waals surface area (Å²) in [6, 6.07) is 0.194. The third-order valence-corrected chi connectivity index (χ3v) is 4.97. The zero-order chi connectivity index (χ0) is 16.8. The number of hydrogen-bond donors (Lipinski definition) is 0. The summed E-state index contributed by atoms with van der Waals surface area (Å²) in [6.45, 7) is 6.90. The van der Waals surface area contributed by atoms with E-state index in [1.54, 1.807) is 5.06 Å². The number of halogens is 2. The van der Waals surface area contributed by atoms with Crippen LogP contribution in [0.15, 0.2) is 12.5 Å². The topological polar surface area (TPSA) is 60.2 Å². The number of carbonyl (C=O) groups is 1. The highest BCUT2D eigenvalue weighted by atomic mass is 127. The van der Waals surface area contributed by atoms with Crippen LogP contribution in [0.3, 0.4) is 0 Å². The van der Waals surface area contributed by atoms with Crippen molar-refractivity contribution in [2.24, 2.45) is 5.41 Å². The third-order valence-electron chi connectivity index (χ3n) is 3.86. The lowest BCUT2D eigenvalue weighted by Gasteiger charge is -2.22. The summed E-state index contributed by atoms with van der Waals surface area (Å²) in [6.07, 6.45) is 4.40. The fraction of sp³-hybridized carbons (Fsp3) is 0.533. The molecule has 0 radical (unpaired) electrons. The van der Waals surface area contributed by atoms with Gasteiger partial charge >= 0.3 is 5.97 Å². The molecule has 1 atom stereocenters. The molecule has 0 bridgehead atoms. The lowest BCUT2D eigenvalue weighted by molar-refractivity contribution is -0.195. The van der Waals surface area contributed by atoms with Crippen LogP contribution in [0, 0.1) is 8.99 Å². The number of nitrogens with zero attached hydrogens (tertiary/aromatic N) is 4. The first kappa shape index (κ1) is 16.9. The van der Waals surface area contributed by atoms with Crippen molar-refractivity contribution in [3.63, 3.8) is 0 Å². The fourth-order valence-electron chi connectivity index (χ4n) is 2.56. The normalized spacial score (nSPS) is 19.4. The van der Waals surface area contributed by atoms with Gasteiger partial charge in [-0.05, 0) is 49.8 Å². The van der Waals surface area contributed by atoms with Crippen LogP contribution in [0.4, 0.5) is 0 Å². The number of aromatic nitrogens is 3. The average molecular weight is 449 g/mol. The molecule has 2 aromatic heterocycles. The molecular formula is C15H18ClIN4O2. The second-order valence-corrected chi connectivity index (χ2v) is 8.23. The van der Waals surface area contributed by atoms with Crippen molar-refractivity contribution in [2.75, 3.05) is 13.1 Å². The standard InChI is InChI=1S/C15H18ClIN4O2/c1-15(2,3)14(22)23-20-5-4-9(6-20)21-7-10(17)11-12(16)18-8-19-13(11)21/h7-9H,4-6H2,1-3H3/t9-/m1/s1. The van der Waals surface area contributed by atoms with Gasteiger partial charge in [0, 0.05) is 16.3 Å². The molecule has 3 heterocycles. The summed E-state index contributed by atoms with van der Waals surface area (Å²) in [7, 11) is 0. The van der Waals surface area contributed by atoms with Gasteiger partial charge in [0.05, 0.1) is 23.4 Å². The van der Waals surface area contributed by atoms with Gasteiger partial charge in [-0.25, -0.2) is 14.8 Å². The molecule has 124 valence electrons. The van der Waals surface area contributed by atoms with E-state index in [0.29, 0.717) is 18.2 Å². The molecule has 1 aliphatic rings. The molecule has 0 aromatic carbocycles. The third kappa shape index (κ3) is 3.32. The highest BCUT2D eigenvalue weighted by Crippen LogP contribution is 2.32. The van der Waals surface area contributed by atoms with Gasteiger partial charge < -0.3 is 9.40 Å². The Morgan fingerprint density at radius 2 is 2.17 bits per heavy atom. The Labute approximate surface area is 153 Å². The lowest BCUT2D eigenvalue weighted by atomic mass is 9.98. The van der Waals surface area contributed by atoms with Crippen LogP contribution in [0.1, 0.15) is 33.2 Å². The molecule has 8 heteroatoms. The first-order valence-corrected chi connectivity index (χ1v) is 8.87. The number of carbonyl (C=O) groups excluding carboxylic acids is 1. The molecule has 1 fully saturated rings. The molecule has 0 N–H and O–H groups in total. The van der Waals surface area contributed by atoms with E-state index in [4.69, 9.17) is 16.4 Å². The van der Waals surface area contributed by atoms with Crippen molar-refractivity contribution >= 4 is 51.2 Å². The second kappa shape index (κ2) is 6.18. The quantitative estimate of drug-likeness (QED) is 0.520. The summed E-state index contributed by atoms with van der Waals surface area (Å²) in [4.78, 5) is 25.9. The van der Waals surface area contributed by atoms with E-state index in [2.05, 4.69) is 37.1 Å². The van der Waals surface area contributed by atoms with Crippen molar-refractivity contribution in [1.29, 1.82) is 0 Å². The molecule has 1 aliphatic heterocycles. The maximum Gasteiger partial charge on any atom is 0.330 e. The van der Waals surface area contributed by atoms with Gasteiger partial charge in [0.2, 0.25) is 0 Å². The smallest absolute Gasteiger partial charge is 0.330 e. The Morgan fingerprint density at radius 1 is 1.43 bits per heavy atom. The number of fused-ring (bicyclic) bond motifs is 1. The highest BCUT2D eigenvalue weighted by Gasteiger charge is 2.32. The first-order chi connectivity index (χ1) is 10.8. The van der Waals surface area contributed by atoms with Gasteiger partial charge in [-0.2, -0.15) is 0 Å². The number of hydroxylamine groups is 2. The van der Waals surface area contributed by atoms with Crippen molar-refractivity contribution < 1.29 is 9.63 Å². The van der Waals surface area contributed by atoms with E-state index in [0.717, 1.165) is 21.0 Å². The average Bonchev–Trinajstić information content (AvgIpc) is 3.03. The summed E-state index contributed by atoms with van der Waals surface area (Å²) in [5.41, 5.74) is 0.317. The van der Waals surface area contributed by atoms with Gasteiger partial charge in [-0.15, -0.1) is 5.06 Å². The zero-order valence-electron chi connectivity index (χ0n) is 13.2. The van der Waals surface area contributed by atoms with Crippen molar-refractivity contribution in [1.82, 2.24) is 19.6 Å². The first-order valence-electron chi connectivity index (χ1n) is 7.41. The van der Waals surface area contributed by atoms with Gasteiger partial charge in [-0.3, -0.25) is 0 Å². The number of hydrogen-bond acceptors (Lipinski definition) is 5. The summed E-state index contributed by atoms with van der Waals surface area (Å²) < 4.78 is 3.13. The maximum atomic E-state index is 12.0. The summed E-state index contributed by atoms with van der Waals surface area (Å²) in [5, 5.41) is 3.08. The highest BCUT2D eigenvalue weighted by molar-refractivity contribution is 14.1. The Kier molecular flexibility index (Phi) is 4.54. The van der Waals surface area contributed by atoms with E-state index in [1.165, 1.54) is 6.33 Å². The van der Waals surface area contributed by atoms with Crippen LogP contribution in [-0.4, -0.2) is 38.7 Å². The SMILES string of the molecule is CC(C)(C)C(=O)ON1CC[C@@H](n2cc(I)c3c(Cl)ncnc32)C1. The van der Waals surface area contributed by atoms with Crippen LogP contribution in [0.2, 0.25) is 5.15 Å². The predicted octanol–water partition coefficient (Wildman–Crippen LogP) is 3.44. The maximum absolute atomic E-state index is 12.0. The molecule has 0 spiro atoms. The summed E-state index contributed by atoms with van der Waals surface area (Å²) in [5.74, 6) is -0.213. The van der Waals surface area contributed by atoms with Crippen LogP contribution >= 0.6 is 34.2 Å². The molecular weight excluding hydrogens is 431 g/mol. The molecule has 6 nitrogen and oxygen atoms in total. The molecule has 3 rings (SSSR count). The monoisotopic (exact) mass is 448 g/mol. The van der Waals surface area contributed by atoms with Crippen molar-refractivity contribution in [3.05, 3.63) is 21.2 Å². The van der Waals surface area contributed by atoms with E-state index < -0.39 is 5.41 Å². The Balaban J connectivity index is 1.80. The van der Waals surface area contributed by atoms with Crippen LogP contribution in [-0.2, 0) is 9.63 Å². The van der Waals surface area contributed by atoms with Crippen LogP contribution < -0.4 is 0 Å². The predicted molar refractivity (Wildman–Crippen MR) is 96.0 cm³/mol. The molecule has 0 unspecified atom stereocenters. The van der Waals surface area contributed by atoms with E-state index in [1.807, 2.05) is 27.0 Å². The van der Waals surface area contributed by atoms with E-state index in [-0.39, 0.29) is 12.0 Å². The van der Waals surface area contributed by atoms with Crippen molar-refractivity contribution in [2.45, 2.75) is 33.2 Å². The van der Waals surface area contributed by atoms with Crippen LogP contribution in [0.5, 0.6) is 0 Å². The lowest BCUT2D eigenvalue weighted by Crippen LogP contribution is -2.32. The fourth-order valence-corrected chi connectivity index (χ4v) is 3.74. The Morgan fingerprint density at radius 3 is 2.87 bits per heavy atom. The van der Waals surface area contributed by atoms with Gasteiger partial charge in [0.25, 0.3) is 0 Å². The number of rotatable bonds is 2. The van der Waals surface area contributed by atoms with Crippen LogP contribution in [0.25, 0.3) is 11.0 Å². The van der Waals surface area contributed by atoms with Gasteiger partial charge in [-0.1, -0.05) is 11.6 Å². The van der Waals surface area contributed by atoms with Crippen molar-refractivity contribution in [3.8, 4) is 0 Å². The molecule has 23 heavy (non-hydrogen) atoms. The molecule has 0 amide bonds. The largest absolute Gasteiger partial charge is 0.367 e. The van der Waals surface area contributed by atoms with Gasteiger partial charge in [0.1, 0.15) is 17.1 Å². The summed E-state index contributed by atoms with van der Waals surface area (Å²) >= 11 is 8.42. The second-order valence-electron chi connectivity index (χ2n) is 6.71. The Hall–Kier alpha value is -0.930. The molecule has 1 saturated heterocycles. The molecule has 2 aromatic rings. The minimum atomic E-state index is -0.506. The van der Waals surface area contributed by atoms with E-state index in [9.17, 15) is 4.79 Å². The molecule has 0 aliphatic carbocycles. The zero-order valence-corrected chi connectivity index (χ0v) is 16.1. The molecule has 0 saturated carbocycles. The van der Waals surface area contributed by atoms with Gasteiger partial charge in [0.15, 0.2) is 0 Å². The Bertz CT molecular complexity index is 756. The van der Waals surface area contributed by atoms with E-state index >= 15 is 0 Å². The minimum absolute atomic E-state index is 0.194.